The molecule has 0 radical (unpaired) electrons. The van der Waals surface area contributed by atoms with Gasteiger partial charge in [0.25, 0.3) is 0 Å². The van der Waals surface area contributed by atoms with E-state index in [0.29, 0.717) is 18.3 Å². The molecule has 2 fully saturated rings. The molecule has 2 atom stereocenters. The van der Waals surface area contributed by atoms with Crippen LogP contribution in [0.5, 0.6) is 0 Å². The fourth-order valence-electron chi connectivity index (χ4n) is 1.77. The lowest BCUT2D eigenvalue weighted by Gasteiger charge is -2.41. The van der Waals surface area contributed by atoms with Crippen molar-refractivity contribution in [3.8, 4) is 0 Å². The first-order chi connectivity index (χ1) is 6.09. The molecule has 0 spiro atoms. The van der Waals surface area contributed by atoms with Crippen molar-refractivity contribution in [2.24, 2.45) is 17.8 Å². The zero-order valence-electron chi connectivity index (χ0n) is 8.16. The average molecular weight is 185 g/mol. The molecule has 2 aliphatic rings. The number of carbonyl (C=O) groups is 1. The van der Waals surface area contributed by atoms with Gasteiger partial charge in [-0.3, -0.25) is 4.79 Å². The summed E-state index contributed by atoms with van der Waals surface area (Å²) in [6.45, 7) is 6.03. The minimum Gasteiger partial charge on any atom is -0.342 e. The first kappa shape index (κ1) is 8.97. The number of halogens is 1. The van der Waals surface area contributed by atoms with Crippen molar-refractivity contribution in [1.82, 2.24) is 4.90 Å². The monoisotopic (exact) mass is 185 g/mol. The molecule has 0 N–H and O–H groups in total. The molecule has 2 rings (SSSR count). The summed E-state index contributed by atoms with van der Waals surface area (Å²) in [6, 6.07) is 0. The summed E-state index contributed by atoms with van der Waals surface area (Å²) < 4.78 is 12.6. The van der Waals surface area contributed by atoms with Gasteiger partial charge in [0.05, 0.1) is 5.92 Å². The highest BCUT2D eigenvalue weighted by atomic mass is 19.1. The van der Waals surface area contributed by atoms with Crippen molar-refractivity contribution in [2.45, 2.75) is 26.4 Å². The number of nitrogens with zero attached hydrogens (tertiary/aromatic N) is 1. The van der Waals surface area contributed by atoms with Gasteiger partial charge in [-0.25, -0.2) is 4.39 Å². The molecule has 13 heavy (non-hydrogen) atoms. The standard InChI is InChI=1S/C10H16FNO/c1-6(2)7-4-12(5-7)10(13)8-3-9(8)11/h6-9H,3-5H2,1-2H3/t8?,9-/m1/s1. The van der Waals surface area contributed by atoms with Gasteiger partial charge in [-0.05, 0) is 18.3 Å². The van der Waals surface area contributed by atoms with E-state index in [4.69, 9.17) is 0 Å². The molecule has 2 nitrogen and oxygen atoms in total. The molecular formula is C10H16FNO. The first-order valence-electron chi connectivity index (χ1n) is 5.02. The summed E-state index contributed by atoms with van der Waals surface area (Å²) in [5.74, 6) is 1.04. The second-order valence-electron chi connectivity index (χ2n) is 4.61. The van der Waals surface area contributed by atoms with Crippen LogP contribution in [0.15, 0.2) is 0 Å². The Morgan fingerprint density at radius 2 is 2.00 bits per heavy atom. The third-order valence-corrected chi connectivity index (χ3v) is 3.19. The van der Waals surface area contributed by atoms with Gasteiger partial charge >= 0.3 is 0 Å². The topological polar surface area (TPSA) is 20.3 Å². The lowest BCUT2D eigenvalue weighted by atomic mass is 9.88. The smallest absolute Gasteiger partial charge is 0.228 e. The van der Waals surface area contributed by atoms with E-state index < -0.39 is 6.17 Å². The van der Waals surface area contributed by atoms with Crippen molar-refractivity contribution in [1.29, 1.82) is 0 Å². The van der Waals surface area contributed by atoms with Crippen LogP contribution in [0.2, 0.25) is 0 Å². The van der Waals surface area contributed by atoms with Gasteiger partial charge in [0.15, 0.2) is 0 Å². The van der Waals surface area contributed by atoms with Crippen molar-refractivity contribution in [2.75, 3.05) is 13.1 Å². The Balaban J connectivity index is 1.77. The highest BCUT2D eigenvalue weighted by Crippen LogP contribution is 2.37. The summed E-state index contributed by atoms with van der Waals surface area (Å²) in [5.41, 5.74) is 0. The van der Waals surface area contributed by atoms with E-state index in [1.54, 1.807) is 4.90 Å². The number of carbonyl (C=O) groups excluding carboxylic acids is 1. The quantitative estimate of drug-likeness (QED) is 0.637. The first-order valence-corrected chi connectivity index (χ1v) is 5.02. The minimum atomic E-state index is -0.842. The van der Waals surface area contributed by atoms with Crippen LogP contribution >= 0.6 is 0 Å². The number of amides is 1. The molecule has 1 aliphatic carbocycles. The number of alkyl halides is 1. The number of hydrogen-bond acceptors (Lipinski definition) is 1. The maximum atomic E-state index is 12.6. The van der Waals surface area contributed by atoms with Crippen LogP contribution in [0, 0.1) is 17.8 Å². The summed E-state index contributed by atoms with van der Waals surface area (Å²) in [7, 11) is 0. The molecule has 0 aromatic heterocycles. The van der Waals surface area contributed by atoms with Crippen LogP contribution in [-0.2, 0) is 4.79 Å². The molecule has 1 saturated heterocycles. The third kappa shape index (κ3) is 1.56. The van der Waals surface area contributed by atoms with Crippen LogP contribution in [0.4, 0.5) is 4.39 Å². The molecule has 1 amide bonds. The van der Waals surface area contributed by atoms with E-state index in [1.807, 2.05) is 0 Å². The van der Waals surface area contributed by atoms with E-state index in [1.165, 1.54) is 0 Å². The molecule has 1 unspecified atom stereocenters. The number of hydrogen-bond donors (Lipinski definition) is 0. The molecule has 74 valence electrons. The van der Waals surface area contributed by atoms with E-state index in [0.717, 1.165) is 13.1 Å². The molecule has 0 aromatic rings. The Morgan fingerprint density at radius 3 is 2.38 bits per heavy atom. The van der Waals surface area contributed by atoms with Gasteiger partial charge in [0, 0.05) is 13.1 Å². The molecular weight excluding hydrogens is 169 g/mol. The van der Waals surface area contributed by atoms with Gasteiger partial charge in [-0.15, -0.1) is 0 Å². The Labute approximate surface area is 78.1 Å². The van der Waals surface area contributed by atoms with Gasteiger partial charge in [0.1, 0.15) is 6.17 Å². The maximum absolute atomic E-state index is 12.6. The van der Waals surface area contributed by atoms with Crippen molar-refractivity contribution in [3.63, 3.8) is 0 Å². The van der Waals surface area contributed by atoms with Crippen LogP contribution in [0.1, 0.15) is 20.3 Å². The van der Waals surface area contributed by atoms with Gasteiger partial charge in [-0.1, -0.05) is 13.8 Å². The second-order valence-corrected chi connectivity index (χ2v) is 4.61. The van der Waals surface area contributed by atoms with Gasteiger partial charge in [-0.2, -0.15) is 0 Å². The summed E-state index contributed by atoms with van der Waals surface area (Å²) in [6.07, 6.45) is -0.382. The Kier molecular flexibility index (Phi) is 2.05. The van der Waals surface area contributed by atoms with Crippen molar-refractivity contribution >= 4 is 5.91 Å². The molecule has 1 saturated carbocycles. The van der Waals surface area contributed by atoms with Gasteiger partial charge < -0.3 is 4.90 Å². The Bertz CT molecular complexity index is 223. The van der Waals surface area contributed by atoms with Gasteiger partial charge in [0.2, 0.25) is 5.91 Å². The normalized spacial score (nSPS) is 33.4. The van der Waals surface area contributed by atoms with Crippen LogP contribution in [0.3, 0.4) is 0 Å². The summed E-state index contributed by atoms with van der Waals surface area (Å²) in [4.78, 5) is 13.3. The Hall–Kier alpha value is -0.600. The predicted octanol–water partition coefficient (Wildman–Crippen LogP) is 1.46. The zero-order valence-corrected chi connectivity index (χ0v) is 8.16. The summed E-state index contributed by atoms with van der Waals surface area (Å²) in [5, 5.41) is 0. The van der Waals surface area contributed by atoms with E-state index in [-0.39, 0.29) is 11.8 Å². The van der Waals surface area contributed by atoms with E-state index in [2.05, 4.69) is 13.8 Å². The molecule has 0 bridgehead atoms. The fraction of sp³-hybridized carbons (Fsp3) is 0.900. The maximum Gasteiger partial charge on any atom is 0.228 e. The lowest BCUT2D eigenvalue weighted by molar-refractivity contribution is -0.140. The fourth-order valence-corrected chi connectivity index (χ4v) is 1.77. The van der Waals surface area contributed by atoms with Crippen LogP contribution in [-0.4, -0.2) is 30.1 Å². The summed E-state index contributed by atoms with van der Waals surface area (Å²) >= 11 is 0. The molecule has 1 heterocycles. The van der Waals surface area contributed by atoms with Crippen molar-refractivity contribution < 1.29 is 9.18 Å². The average Bonchev–Trinajstić information content (AvgIpc) is 2.62. The Morgan fingerprint density at radius 1 is 1.46 bits per heavy atom. The third-order valence-electron chi connectivity index (χ3n) is 3.19. The van der Waals surface area contributed by atoms with Crippen molar-refractivity contribution in [3.05, 3.63) is 0 Å². The molecule has 1 aliphatic heterocycles. The lowest BCUT2D eigenvalue weighted by Crippen LogP contribution is -2.52. The number of rotatable bonds is 2. The highest BCUT2D eigenvalue weighted by molar-refractivity contribution is 5.82. The predicted molar refractivity (Wildman–Crippen MR) is 47.9 cm³/mol. The molecule has 3 heteroatoms. The van der Waals surface area contributed by atoms with Crippen LogP contribution < -0.4 is 0 Å². The highest BCUT2D eigenvalue weighted by Gasteiger charge is 2.48. The minimum absolute atomic E-state index is 0.0457. The van der Waals surface area contributed by atoms with Crippen LogP contribution in [0.25, 0.3) is 0 Å². The zero-order chi connectivity index (χ0) is 9.59. The second kappa shape index (κ2) is 2.96. The van der Waals surface area contributed by atoms with E-state index in [9.17, 15) is 9.18 Å². The largest absolute Gasteiger partial charge is 0.342 e. The van der Waals surface area contributed by atoms with E-state index >= 15 is 0 Å². The molecule has 0 aromatic carbocycles. The number of likely N-dealkylation sites (tertiary alicyclic amines) is 1. The SMILES string of the molecule is CC(C)C1CN(C(=O)C2C[C@H]2F)C1.